The fourth-order valence-corrected chi connectivity index (χ4v) is 5.73. The maximum Gasteiger partial charge on any atom is 0.268 e. The van der Waals surface area contributed by atoms with Crippen LogP contribution in [0.3, 0.4) is 0 Å². The molecule has 0 aliphatic carbocycles. The van der Waals surface area contributed by atoms with Gasteiger partial charge in [0.2, 0.25) is 5.91 Å². The highest BCUT2D eigenvalue weighted by molar-refractivity contribution is 6.13. The number of aliphatic hydroxyl groups is 2. The summed E-state index contributed by atoms with van der Waals surface area (Å²) in [4.78, 5) is 29.3. The van der Waals surface area contributed by atoms with E-state index in [-0.39, 0.29) is 18.4 Å². The Labute approximate surface area is 244 Å². The van der Waals surface area contributed by atoms with Gasteiger partial charge < -0.3 is 15.1 Å². The molecule has 9 nitrogen and oxygen atoms in total. The maximum atomic E-state index is 13.9. The number of β-lactam (4-membered cyclic amide) rings is 1. The number of aromatic nitrogens is 3. The molecule has 0 saturated carbocycles. The van der Waals surface area contributed by atoms with Crippen LogP contribution in [-0.2, 0) is 21.7 Å². The molecule has 1 aromatic heterocycles. The van der Waals surface area contributed by atoms with E-state index in [0.717, 1.165) is 5.56 Å². The van der Waals surface area contributed by atoms with Crippen LogP contribution in [0, 0.1) is 5.92 Å². The van der Waals surface area contributed by atoms with Gasteiger partial charge in [0.05, 0.1) is 23.9 Å². The van der Waals surface area contributed by atoms with Gasteiger partial charge in [-0.05, 0) is 42.3 Å². The zero-order chi connectivity index (χ0) is 29.3. The number of fused-ring (bicyclic) bond motifs is 1. The molecule has 3 aromatic carbocycles. The summed E-state index contributed by atoms with van der Waals surface area (Å²) in [5, 5.41) is 30.5. The highest BCUT2D eigenvalue weighted by atomic mass is 16.3. The Hall–Kier alpha value is -4.60. The number of rotatable bonds is 10. The van der Waals surface area contributed by atoms with Gasteiger partial charge in [-0.15, -0.1) is 5.10 Å². The second-order valence-corrected chi connectivity index (χ2v) is 10.8. The molecule has 9 heteroatoms. The lowest BCUT2D eigenvalue weighted by atomic mass is 9.82. The lowest BCUT2D eigenvalue weighted by Crippen LogP contribution is -2.44. The average Bonchev–Trinajstić information content (AvgIpc) is 3.56. The normalized spacial score (nSPS) is 19.7. The van der Waals surface area contributed by atoms with Crippen molar-refractivity contribution in [3.8, 4) is 0 Å². The summed E-state index contributed by atoms with van der Waals surface area (Å²) < 4.78 is 1.73. The summed E-state index contributed by atoms with van der Waals surface area (Å²) >= 11 is 0. The number of allylic oxidation sites excluding steroid dienone is 1. The number of amides is 2. The van der Waals surface area contributed by atoms with Crippen molar-refractivity contribution >= 4 is 28.9 Å². The van der Waals surface area contributed by atoms with Crippen LogP contribution in [0.15, 0.2) is 97.2 Å². The minimum absolute atomic E-state index is 0.0287. The largest absolute Gasteiger partial charge is 0.395 e. The van der Waals surface area contributed by atoms with Gasteiger partial charge in [-0.2, -0.15) is 0 Å². The van der Waals surface area contributed by atoms with E-state index in [4.69, 9.17) is 0 Å². The third-order valence-electron chi connectivity index (χ3n) is 8.24. The van der Waals surface area contributed by atoms with Gasteiger partial charge in [-0.25, -0.2) is 0 Å². The van der Waals surface area contributed by atoms with Crippen LogP contribution in [0.2, 0.25) is 0 Å². The summed E-state index contributed by atoms with van der Waals surface area (Å²) in [7, 11) is 0. The number of anilines is 3. The highest BCUT2D eigenvalue weighted by Crippen LogP contribution is 2.49. The first-order valence-electron chi connectivity index (χ1n) is 14.2. The number of carbonyl (C=O) groups is 2. The second-order valence-electron chi connectivity index (χ2n) is 10.8. The standard InChI is InChI=1S/C33H33N5O4/c1-23(10-8-9-18-36-21-29(34-35-36)27(22-39)24-11-4-2-5-12-24)33(42)28-20-26(37-19-17-31(37)40)15-16-30(28)38(32(33)41)25-13-6-3-7-14-25/h2-8,10-16,20-21,23,27,39,42H,9,17-19,22H2,1H3/b10-8+/t23-,27?,33+/m1/s1. The predicted octanol–water partition coefficient (Wildman–Crippen LogP) is 4.29. The van der Waals surface area contributed by atoms with Crippen LogP contribution in [0.4, 0.5) is 17.1 Å². The van der Waals surface area contributed by atoms with Gasteiger partial charge in [0.25, 0.3) is 5.91 Å². The molecule has 2 aliphatic rings. The van der Waals surface area contributed by atoms with Crippen molar-refractivity contribution in [3.63, 3.8) is 0 Å². The van der Waals surface area contributed by atoms with Gasteiger partial charge >= 0.3 is 0 Å². The fourth-order valence-electron chi connectivity index (χ4n) is 5.73. The summed E-state index contributed by atoms with van der Waals surface area (Å²) in [5.74, 6) is -1.20. The van der Waals surface area contributed by atoms with E-state index in [0.29, 0.717) is 54.3 Å². The molecule has 2 amide bonds. The topological polar surface area (TPSA) is 112 Å². The molecule has 42 heavy (non-hydrogen) atoms. The predicted molar refractivity (Wildman–Crippen MR) is 159 cm³/mol. The minimum atomic E-state index is -1.81. The Balaban J connectivity index is 1.21. The number of para-hydroxylation sites is 1. The van der Waals surface area contributed by atoms with Crippen molar-refractivity contribution < 1.29 is 19.8 Å². The van der Waals surface area contributed by atoms with E-state index >= 15 is 0 Å². The van der Waals surface area contributed by atoms with Crippen molar-refractivity contribution in [1.82, 2.24) is 15.0 Å². The SMILES string of the molecule is C[C@H](/C=C/CCn1cc(C(CO)c2ccccc2)nn1)[C@@]1(O)C(=O)N(c2ccccc2)c2ccc(N3CCC3=O)cc21. The first-order valence-corrected chi connectivity index (χ1v) is 14.2. The van der Waals surface area contributed by atoms with Crippen LogP contribution in [0.25, 0.3) is 0 Å². The summed E-state index contributed by atoms with van der Waals surface area (Å²) in [5.41, 5.74) is 2.31. The van der Waals surface area contributed by atoms with Gasteiger partial charge in [-0.3, -0.25) is 19.2 Å². The Morgan fingerprint density at radius 1 is 1.00 bits per heavy atom. The summed E-state index contributed by atoms with van der Waals surface area (Å²) in [6.07, 6.45) is 6.73. The molecule has 3 heterocycles. The molecule has 214 valence electrons. The zero-order valence-corrected chi connectivity index (χ0v) is 23.4. The number of benzene rings is 3. The zero-order valence-electron chi connectivity index (χ0n) is 23.4. The monoisotopic (exact) mass is 563 g/mol. The number of aryl methyl sites for hydroxylation is 1. The quantitative estimate of drug-likeness (QED) is 0.220. The van der Waals surface area contributed by atoms with Gasteiger partial charge in [0.15, 0.2) is 5.60 Å². The van der Waals surface area contributed by atoms with Gasteiger partial charge in [0, 0.05) is 48.6 Å². The lowest BCUT2D eigenvalue weighted by Gasteiger charge is -2.32. The number of aliphatic hydroxyl groups excluding tert-OH is 1. The molecular formula is C33H33N5O4. The van der Waals surface area contributed by atoms with Crippen LogP contribution in [0.5, 0.6) is 0 Å². The molecule has 1 fully saturated rings. The molecule has 2 N–H and O–H groups in total. The summed E-state index contributed by atoms with van der Waals surface area (Å²) in [6, 6.07) is 24.4. The molecule has 1 unspecified atom stereocenters. The molecule has 0 bridgehead atoms. The third-order valence-corrected chi connectivity index (χ3v) is 8.24. The molecule has 0 radical (unpaired) electrons. The maximum absolute atomic E-state index is 13.9. The number of hydrogen-bond acceptors (Lipinski definition) is 6. The lowest BCUT2D eigenvalue weighted by molar-refractivity contribution is -0.138. The van der Waals surface area contributed by atoms with E-state index in [1.54, 1.807) is 20.5 Å². The van der Waals surface area contributed by atoms with E-state index in [2.05, 4.69) is 10.3 Å². The van der Waals surface area contributed by atoms with Crippen molar-refractivity contribution in [2.75, 3.05) is 23.0 Å². The van der Waals surface area contributed by atoms with Crippen molar-refractivity contribution in [2.24, 2.45) is 5.92 Å². The van der Waals surface area contributed by atoms with Crippen molar-refractivity contribution in [1.29, 1.82) is 0 Å². The van der Waals surface area contributed by atoms with Crippen LogP contribution in [0.1, 0.15) is 42.5 Å². The summed E-state index contributed by atoms with van der Waals surface area (Å²) in [6.45, 7) is 2.93. The van der Waals surface area contributed by atoms with Gasteiger partial charge in [0.1, 0.15) is 0 Å². The first kappa shape index (κ1) is 27.6. The molecular weight excluding hydrogens is 530 g/mol. The van der Waals surface area contributed by atoms with E-state index in [9.17, 15) is 19.8 Å². The number of carbonyl (C=O) groups excluding carboxylic acids is 2. The van der Waals surface area contributed by atoms with Crippen LogP contribution < -0.4 is 9.80 Å². The van der Waals surface area contributed by atoms with Crippen molar-refractivity contribution in [3.05, 3.63) is 114 Å². The molecule has 3 atom stereocenters. The Kier molecular flexibility index (Phi) is 7.45. The van der Waals surface area contributed by atoms with Crippen LogP contribution >= 0.6 is 0 Å². The number of hydrogen-bond donors (Lipinski definition) is 2. The average molecular weight is 564 g/mol. The molecule has 6 rings (SSSR count). The third kappa shape index (κ3) is 4.80. The molecule has 2 aliphatic heterocycles. The molecule has 4 aromatic rings. The fraction of sp³-hybridized carbons (Fsp3) is 0.273. The highest BCUT2D eigenvalue weighted by Gasteiger charge is 2.53. The molecule has 0 spiro atoms. The minimum Gasteiger partial charge on any atom is -0.395 e. The van der Waals surface area contributed by atoms with Gasteiger partial charge in [-0.1, -0.05) is 72.8 Å². The van der Waals surface area contributed by atoms with E-state index in [1.807, 2.05) is 98.1 Å². The Morgan fingerprint density at radius 3 is 2.40 bits per heavy atom. The van der Waals surface area contributed by atoms with E-state index < -0.39 is 17.4 Å². The molecule has 1 saturated heterocycles. The van der Waals surface area contributed by atoms with Crippen LogP contribution in [-0.4, -0.2) is 50.2 Å². The van der Waals surface area contributed by atoms with Crippen molar-refractivity contribution in [2.45, 2.75) is 37.8 Å². The smallest absolute Gasteiger partial charge is 0.268 e. The second kappa shape index (κ2) is 11.3. The Morgan fingerprint density at radius 2 is 1.74 bits per heavy atom. The Bertz CT molecular complexity index is 1620. The van der Waals surface area contributed by atoms with E-state index in [1.165, 1.54) is 0 Å². The first-order chi connectivity index (χ1) is 20.4. The number of nitrogens with zero attached hydrogens (tertiary/aromatic N) is 5.